The summed E-state index contributed by atoms with van der Waals surface area (Å²) in [6.07, 6.45) is 1.52. The van der Waals surface area contributed by atoms with E-state index in [1.165, 1.54) is 21.3 Å². The third-order valence-electron chi connectivity index (χ3n) is 7.06. The number of carbonyl (C=O) groups is 1. The predicted molar refractivity (Wildman–Crippen MR) is 130 cm³/mol. The van der Waals surface area contributed by atoms with Crippen LogP contribution in [0.1, 0.15) is 48.9 Å². The molecular formula is C22H28Cl2F3N5O3S. The quantitative estimate of drug-likeness (QED) is 0.469. The Morgan fingerprint density at radius 1 is 1.11 bits per heavy atom. The van der Waals surface area contributed by atoms with Crippen LogP contribution in [-0.4, -0.2) is 76.0 Å². The van der Waals surface area contributed by atoms with Crippen LogP contribution in [0.5, 0.6) is 0 Å². The number of hydrogen-bond acceptors (Lipinski definition) is 6. The highest BCUT2D eigenvalue weighted by Gasteiger charge is 2.47. The summed E-state index contributed by atoms with van der Waals surface area (Å²) in [4.78, 5) is 14.9. The molecule has 1 saturated carbocycles. The second kappa shape index (κ2) is 10.9. The molecule has 4 rings (SSSR count). The first kappa shape index (κ1) is 28.8. The number of hydrogen-bond donors (Lipinski definition) is 0. The van der Waals surface area contributed by atoms with Gasteiger partial charge < -0.3 is 0 Å². The fraction of sp³-hybridized carbons (Fsp3) is 0.591. The van der Waals surface area contributed by atoms with Gasteiger partial charge in [-0.25, -0.2) is 21.6 Å². The van der Waals surface area contributed by atoms with E-state index in [1.54, 1.807) is 7.05 Å². The van der Waals surface area contributed by atoms with Crippen molar-refractivity contribution in [3.8, 4) is 0 Å². The number of aromatic nitrogens is 3. The van der Waals surface area contributed by atoms with Gasteiger partial charge in [0.05, 0.1) is 11.2 Å². The average Bonchev–Trinajstić information content (AvgIpc) is 3.26. The van der Waals surface area contributed by atoms with E-state index in [4.69, 9.17) is 11.6 Å². The standard InChI is InChI=1S/C22H27ClF3N5O3S.ClH/c1-29-15-20(27-28-29)35(33,34)31-12-10-30(11-13-31)21(6-8-22(25,26)9-7-21)5-4-19(32)17-3-2-16(24)14-18(17)23;/h2-3,14-15H,4-13H2,1H3;1H. The van der Waals surface area contributed by atoms with Crippen molar-refractivity contribution in [1.82, 2.24) is 24.2 Å². The van der Waals surface area contributed by atoms with E-state index in [2.05, 4.69) is 10.3 Å². The number of ketones is 1. The molecular weight excluding hydrogens is 542 g/mol. The molecule has 1 aromatic heterocycles. The van der Waals surface area contributed by atoms with E-state index in [9.17, 15) is 26.4 Å². The van der Waals surface area contributed by atoms with E-state index in [-0.39, 0.29) is 79.0 Å². The Labute approximate surface area is 219 Å². The van der Waals surface area contributed by atoms with Crippen LogP contribution in [0.2, 0.25) is 5.02 Å². The van der Waals surface area contributed by atoms with Crippen LogP contribution in [-0.2, 0) is 17.1 Å². The van der Waals surface area contributed by atoms with Gasteiger partial charge in [0, 0.05) is 63.6 Å². The topological polar surface area (TPSA) is 88.4 Å². The molecule has 1 aliphatic carbocycles. The number of halogens is 5. The molecule has 1 aliphatic heterocycles. The molecule has 1 saturated heterocycles. The zero-order chi connectivity index (χ0) is 25.4. The predicted octanol–water partition coefficient (Wildman–Crippen LogP) is 3.95. The molecule has 0 bridgehead atoms. The Bertz CT molecular complexity index is 1190. The summed E-state index contributed by atoms with van der Waals surface area (Å²) in [6, 6.07) is 3.56. The second-order valence-corrected chi connectivity index (χ2v) is 11.5. The third-order valence-corrected chi connectivity index (χ3v) is 9.13. The zero-order valence-electron chi connectivity index (χ0n) is 19.7. The van der Waals surface area contributed by atoms with Gasteiger partial charge in [-0.1, -0.05) is 16.8 Å². The second-order valence-electron chi connectivity index (χ2n) is 9.25. The highest BCUT2D eigenvalue weighted by atomic mass is 35.5. The summed E-state index contributed by atoms with van der Waals surface area (Å²) in [5.74, 6) is -3.59. The van der Waals surface area contributed by atoms with E-state index >= 15 is 0 Å². The number of aryl methyl sites for hydroxylation is 1. The van der Waals surface area contributed by atoms with E-state index in [0.717, 1.165) is 12.1 Å². The number of carbonyl (C=O) groups excluding carboxylic acids is 1. The molecule has 0 radical (unpaired) electrons. The Morgan fingerprint density at radius 3 is 2.31 bits per heavy atom. The maximum absolute atomic E-state index is 14.0. The maximum Gasteiger partial charge on any atom is 0.264 e. The van der Waals surface area contributed by atoms with Gasteiger partial charge in [0.25, 0.3) is 10.0 Å². The van der Waals surface area contributed by atoms with Crippen molar-refractivity contribution in [3.05, 3.63) is 40.8 Å². The maximum atomic E-state index is 14.0. The lowest BCUT2D eigenvalue weighted by molar-refractivity contribution is -0.0891. The minimum atomic E-state index is -3.81. The van der Waals surface area contributed by atoms with Crippen LogP contribution in [0.15, 0.2) is 29.4 Å². The molecule has 1 aromatic carbocycles. The van der Waals surface area contributed by atoms with Crippen LogP contribution >= 0.6 is 24.0 Å². The van der Waals surface area contributed by atoms with Crippen LogP contribution in [0.3, 0.4) is 0 Å². The Balaban J connectivity index is 0.00000361. The lowest BCUT2D eigenvalue weighted by atomic mass is 9.74. The number of benzene rings is 1. The minimum Gasteiger partial charge on any atom is -0.295 e. The van der Waals surface area contributed by atoms with Crippen LogP contribution < -0.4 is 0 Å². The van der Waals surface area contributed by atoms with Crippen molar-refractivity contribution in [2.75, 3.05) is 26.2 Å². The number of alkyl halides is 2. The van der Waals surface area contributed by atoms with Crippen molar-refractivity contribution in [2.45, 2.75) is 55.0 Å². The van der Waals surface area contributed by atoms with Gasteiger partial charge in [-0.15, -0.1) is 17.5 Å². The molecule has 0 unspecified atom stereocenters. The van der Waals surface area contributed by atoms with Gasteiger partial charge in [-0.05, 0) is 37.5 Å². The van der Waals surface area contributed by atoms with Gasteiger partial charge in [-0.3, -0.25) is 14.4 Å². The summed E-state index contributed by atoms with van der Waals surface area (Å²) in [5.41, 5.74) is -0.462. The van der Waals surface area contributed by atoms with Gasteiger partial charge in [-0.2, -0.15) is 4.31 Å². The first-order valence-electron chi connectivity index (χ1n) is 11.4. The highest BCUT2D eigenvalue weighted by Crippen LogP contribution is 2.44. The average molecular weight is 570 g/mol. The number of sulfonamides is 1. The molecule has 2 fully saturated rings. The molecule has 0 amide bonds. The Morgan fingerprint density at radius 2 is 1.75 bits per heavy atom. The van der Waals surface area contributed by atoms with Gasteiger partial charge >= 0.3 is 0 Å². The summed E-state index contributed by atoms with van der Waals surface area (Å²) in [6.45, 7) is 1.04. The van der Waals surface area contributed by atoms with E-state index in [0.29, 0.717) is 19.5 Å². The molecule has 200 valence electrons. The first-order valence-corrected chi connectivity index (χ1v) is 13.2. The fourth-order valence-electron chi connectivity index (χ4n) is 4.98. The SMILES string of the molecule is Cl.Cn1cc(S(=O)(=O)N2CCN(C3(CCC(=O)c4ccc(F)cc4Cl)CCC(F)(F)CC3)CC2)nn1. The summed E-state index contributed by atoms with van der Waals surface area (Å²) < 4.78 is 69.8. The minimum absolute atomic E-state index is 0. The third kappa shape index (κ3) is 6.04. The van der Waals surface area contributed by atoms with E-state index < -0.39 is 27.3 Å². The number of Topliss-reactive ketones (excluding diaryl/α,β-unsaturated/α-hetero) is 1. The highest BCUT2D eigenvalue weighted by molar-refractivity contribution is 7.89. The molecule has 8 nitrogen and oxygen atoms in total. The van der Waals surface area contributed by atoms with Crippen LogP contribution in [0.4, 0.5) is 13.2 Å². The Hall–Kier alpha value is -1.73. The first-order chi connectivity index (χ1) is 16.4. The van der Waals surface area contributed by atoms with Gasteiger partial charge in [0.1, 0.15) is 5.82 Å². The lowest BCUT2D eigenvalue weighted by Gasteiger charge is -2.50. The van der Waals surface area contributed by atoms with Crippen LogP contribution in [0, 0.1) is 5.82 Å². The van der Waals surface area contributed by atoms with Gasteiger partial charge in [0.2, 0.25) is 10.9 Å². The molecule has 2 aromatic rings. The largest absolute Gasteiger partial charge is 0.295 e. The molecule has 0 spiro atoms. The smallest absolute Gasteiger partial charge is 0.264 e. The van der Waals surface area contributed by atoms with Crippen molar-refractivity contribution in [2.24, 2.45) is 7.05 Å². The Kier molecular flexibility index (Phi) is 8.76. The van der Waals surface area contributed by atoms with E-state index in [1.807, 2.05) is 4.90 Å². The summed E-state index contributed by atoms with van der Waals surface area (Å²) in [5, 5.41) is 7.27. The molecule has 14 heteroatoms. The van der Waals surface area contributed by atoms with Gasteiger partial charge in [0.15, 0.2) is 5.78 Å². The van der Waals surface area contributed by atoms with Crippen LogP contribution in [0.25, 0.3) is 0 Å². The zero-order valence-corrected chi connectivity index (χ0v) is 22.1. The summed E-state index contributed by atoms with van der Waals surface area (Å²) >= 11 is 6.03. The fourth-order valence-corrected chi connectivity index (χ4v) is 6.59. The molecule has 2 aliphatic rings. The summed E-state index contributed by atoms with van der Waals surface area (Å²) in [7, 11) is -2.23. The number of rotatable bonds is 7. The molecule has 0 atom stereocenters. The molecule has 2 heterocycles. The number of nitrogens with zero attached hydrogens (tertiary/aromatic N) is 5. The monoisotopic (exact) mass is 569 g/mol. The molecule has 0 N–H and O–H groups in total. The van der Waals surface area contributed by atoms with Crippen molar-refractivity contribution < 1.29 is 26.4 Å². The van der Waals surface area contributed by atoms with Crippen molar-refractivity contribution >= 4 is 39.8 Å². The van der Waals surface area contributed by atoms with Crippen molar-refractivity contribution in [1.29, 1.82) is 0 Å². The number of piperazine rings is 1. The lowest BCUT2D eigenvalue weighted by Crippen LogP contribution is -2.59. The van der Waals surface area contributed by atoms with Crippen molar-refractivity contribution in [3.63, 3.8) is 0 Å². The molecule has 36 heavy (non-hydrogen) atoms. The normalized spacial score (nSPS) is 20.6.